The quantitative estimate of drug-likeness (QED) is 0.438. The summed E-state index contributed by atoms with van der Waals surface area (Å²) in [6.45, 7) is 1.08. The smallest absolute Gasteiger partial charge is 0.338 e. The van der Waals surface area contributed by atoms with Crippen molar-refractivity contribution in [3.8, 4) is 0 Å². The van der Waals surface area contributed by atoms with Crippen LogP contribution in [0.5, 0.6) is 0 Å². The maximum Gasteiger partial charge on any atom is 0.338 e. The summed E-state index contributed by atoms with van der Waals surface area (Å²) in [5.74, 6) is -1.99. The predicted octanol–water partition coefficient (Wildman–Crippen LogP) is 0.139. The lowest BCUT2D eigenvalue weighted by molar-refractivity contribution is -0.150. The van der Waals surface area contributed by atoms with E-state index in [0.29, 0.717) is 0 Å². The molecule has 0 fully saturated rings. The third-order valence-corrected chi connectivity index (χ3v) is 0.557. The zero-order valence-electron chi connectivity index (χ0n) is 6.14. The highest BCUT2D eigenvalue weighted by Gasteiger charge is 2.10. The zero-order valence-corrected chi connectivity index (χ0v) is 6.96. The second-order valence-electron chi connectivity index (χ2n) is 1.59. The number of esters is 2. The molecular formula is C6H7ClO5. The van der Waals surface area contributed by atoms with Gasteiger partial charge in [-0.2, -0.15) is 0 Å². The van der Waals surface area contributed by atoms with Gasteiger partial charge in [0.2, 0.25) is 0 Å². The number of halogens is 1. The van der Waals surface area contributed by atoms with Gasteiger partial charge in [0, 0.05) is 19.1 Å². The number of ether oxygens (including phenoxy) is 1. The van der Waals surface area contributed by atoms with Gasteiger partial charge in [0.1, 0.15) is 0 Å². The van der Waals surface area contributed by atoms with Crippen LogP contribution in [-0.2, 0) is 19.1 Å². The number of carboxylic acids is 1. The van der Waals surface area contributed by atoms with Crippen molar-refractivity contribution in [3.05, 3.63) is 12.2 Å². The Balaban J connectivity index is 0. The minimum Gasteiger partial charge on any atom is -0.481 e. The molecule has 0 aromatic carbocycles. The summed E-state index contributed by atoms with van der Waals surface area (Å²) in [6, 6.07) is 0. The number of carboxylic acid groups (broad SMARTS) is 1. The Morgan fingerprint density at radius 2 is 1.58 bits per heavy atom. The van der Waals surface area contributed by atoms with E-state index in [1.54, 1.807) is 0 Å². The molecule has 5 nitrogen and oxygen atoms in total. The number of cyclic esters (lactones) is 2. The summed E-state index contributed by atoms with van der Waals surface area (Å²) in [5.41, 5.74) is 0. The first-order chi connectivity index (χ1) is 5.02. The van der Waals surface area contributed by atoms with Gasteiger partial charge in [0.15, 0.2) is 0 Å². The van der Waals surface area contributed by atoms with Crippen molar-refractivity contribution in [2.75, 3.05) is 0 Å². The average molecular weight is 195 g/mol. The van der Waals surface area contributed by atoms with E-state index < -0.39 is 17.9 Å². The van der Waals surface area contributed by atoms with Crippen LogP contribution in [0, 0.1) is 0 Å². The van der Waals surface area contributed by atoms with Gasteiger partial charge in [-0.25, -0.2) is 9.59 Å². The first kappa shape index (κ1) is 13.2. The van der Waals surface area contributed by atoms with Gasteiger partial charge in [-0.3, -0.25) is 4.79 Å². The second-order valence-corrected chi connectivity index (χ2v) is 1.59. The van der Waals surface area contributed by atoms with Gasteiger partial charge in [-0.1, -0.05) is 0 Å². The van der Waals surface area contributed by atoms with E-state index in [9.17, 15) is 9.59 Å². The fourth-order valence-electron chi connectivity index (χ4n) is 0.303. The fraction of sp³-hybridized carbons (Fsp3) is 0.167. The van der Waals surface area contributed by atoms with Crippen molar-refractivity contribution in [3.63, 3.8) is 0 Å². The second kappa shape index (κ2) is 6.36. The van der Waals surface area contributed by atoms with E-state index in [4.69, 9.17) is 9.90 Å². The third kappa shape index (κ3) is 8.64. The number of carbonyl (C=O) groups is 3. The molecule has 0 saturated carbocycles. The van der Waals surface area contributed by atoms with Crippen molar-refractivity contribution in [1.82, 2.24) is 0 Å². The Morgan fingerprint density at radius 3 is 1.67 bits per heavy atom. The summed E-state index contributed by atoms with van der Waals surface area (Å²) in [6.07, 6.45) is 2.17. The topological polar surface area (TPSA) is 80.7 Å². The van der Waals surface area contributed by atoms with E-state index in [0.717, 1.165) is 19.1 Å². The monoisotopic (exact) mass is 194 g/mol. The van der Waals surface area contributed by atoms with Gasteiger partial charge < -0.3 is 9.84 Å². The lowest BCUT2D eigenvalue weighted by atomic mass is 10.6. The Labute approximate surface area is 74.4 Å². The molecule has 0 bridgehead atoms. The van der Waals surface area contributed by atoms with Crippen LogP contribution in [-0.4, -0.2) is 23.0 Å². The number of hydrogen-bond donors (Lipinski definition) is 1. The van der Waals surface area contributed by atoms with Crippen LogP contribution < -0.4 is 0 Å². The van der Waals surface area contributed by atoms with Crippen molar-refractivity contribution < 1.29 is 24.2 Å². The molecule has 1 rings (SSSR count). The molecule has 1 aliphatic heterocycles. The fourth-order valence-corrected chi connectivity index (χ4v) is 0.303. The summed E-state index contributed by atoms with van der Waals surface area (Å²) in [5, 5.41) is 7.42. The lowest BCUT2D eigenvalue weighted by Gasteiger charge is -1.80. The number of aliphatic carboxylic acids is 1. The zero-order chi connectivity index (χ0) is 8.85. The molecule has 0 atom stereocenters. The maximum atomic E-state index is 9.92. The normalized spacial score (nSPS) is 12.4. The molecule has 12 heavy (non-hydrogen) atoms. The summed E-state index contributed by atoms with van der Waals surface area (Å²) in [4.78, 5) is 28.8. The first-order valence-electron chi connectivity index (χ1n) is 2.65. The first-order valence-corrected chi connectivity index (χ1v) is 2.65. The van der Waals surface area contributed by atoms with Crippen LogP contribution in [0.3, 0.4) is 0 Å². The molecule has 0 unspecified atom stereocenters. The Kier molecular flexibility index (Phi) is 7.02. The molecule has 0 spiro atoms. The summed E-state index contributed by atoms with van der Waals surface area (Å²) >= 11 is 0. The molecule has 0 amide bonds. The highest BCUT2D eigenvalue weighted by Crippen LogP contribution is 1.92. The highest BCUT2D eigenvalue weighted by atomic mass is 35.5. The average Bonchev–Trinajstić information content (AvgIpc) is 2.13. The minimum atomic E-state index is -0.833. The highest BCUT2D eigenvalue weighted by molar-refractivity contribution is 6.04. The molecule has 68 valence electrons. The van der Waals surface area contributed by atoms with Gasteiger partial charge in [-0.15, -0.1) is 12.4 Å². The van der Waals surface area contributed by atoms with E-state index >= 15 is 0 Å². The molecular weight excluding hydrogens is 188 g/mol. The van der Waals surface area contributed by atoms with Crippen LogP contribution in [0.2, 0.25) is 0 Å². The largest absolute Gasteiger partial charge is 0.481 e. The third-order valence-electron chi connectivity index (χ3n) is 0.557. The predicted molar refractivity (Wildman–Crippen MR) is 40.8 cm³/mol. The standard InChI is InChI=1S/C4H2O3.C2H4O2.ClH/c5-3-1-2-4(6)7-3;1-2(3)4;/h1-2H;1H3,(H,3,4);1H. The van der Waals surface area contributed by atoms with Gasteiger partial charge >= 0.3 is 11.9 Å². The molecule has 1 aliphatic rings. The molecule has 0 radical (unpaired) electrons. The Hall–Kier alpha value is -1.36. The van der Waals surface area contributed by atoms with Crippen LogP contribution >= 0.6 is 12.4 Å². The van der Waals surface area contributed by atoms with E-state index in [2.05, 4.69) is 4.74 Å². The van der Waals surface area contributed by atoms with Crippen molar-refractivity contribution in [2.45, 2.75) is 6.92 Å². The minimum absolute atomic E-state index is 0. The van der Waals surface area contributed by atoms with E-state index in [-0.39, 0.29) is 12.4 Å². The molecule has 0 aromatic heterocycles. The Morgan fingerprint density at radius 1 is 1.33 bits per heavy atom. The van der Waals surface area contributed by atoms with Crippen LogP contribution in [0.4, 0.5) is 0 Å². The van der Waals surface area contributed by atoms with Crippen LogP contribution in [0.15, 0.2) is 12.2 Å². The van der Waals surface area contributed by atoms with Crippen LogP contribution in [0.1, 0.15) is 6.92 Å². The summed E-state index contributed by atoms with van der Waals surface area (Å²) < 4.78 is 3.97. The maximum absolute atomic E-state index is 9.92. The van der Waals surface area contributed by atoms with Gasteiger partial charge in [0.25, 0.3) is 5.97 Å². The molecule has 1 N–H and O–H groups in total. The molecule has 6 heteroatoms. The lowest BCUT2D eigenvalue weighted by Crippen LogP contribution is -1.96. The molecule has 0 aromatic rings. The van der Waals surface area contributed by atoms with Crippen molar-refractivity contribution in [2.24, 2.45) is 0 Å². The van der Waals surface area contributed by atoms with Crippen molar-refractivity contribution in [1.29, 1.82) is 0 Å². The SMILES string of the molecule is CC(=O)O.Cl.O=C1C=CC(=O)O1. The number of rotatable bonds is 0. The summed E-state index contributed by atoms with van der Waals surface area (Å²) in [7, 11) is 0. The Bertz CT molecular complexity index is 200. The van der Waals surface area contributed by atoms with Gasteiger partial charge in [-0.05, 0) is 0 Å². The van der Waals surface area contributed by atoms with E-state index in [1.165, 1.54) is 0 Å². The molecule has 0 aliphatic carbocycles. The number of hydrogen-bond acceptors (Lipinski definition) is 4. The van der Waals surface area contributed by atoms with Crippen molar-refractivity contribution >= 4 is 30.3 Å². The van der Waals surface area contributed by atoms with E-state index in [1.807, 2.05) is 0 Å². The molecule has 1 heterocycles. The van der Waals surface area contributed by atoms with Gasteiger partial charge in [0.05, 0.1) is 0 Å². The molecule has 0 saturated heterocycles. The van der Waals surface area contributed by atoms with Crippen LogP contribution in [0.25, 0.3) is 0 Å². The number of carbonyl (C=O) groups excluding carboxylic acids is 2.